The van der Waals surface area contributed by atoms with E-state index in [4.69, 9.17) is 4.74 Å². The van der Waals surface area contributed by atoms with Gasteiger partial charge >= 0.3 is 0 Å². The first-order valence-electron chi connectivity index (χ1n) is 8.03. The number of aromatic nitrogens is 2. The third-order valence-corrected chi connectivity index (χ3v) is 3.66. The first kappa shape index (κ1) is 16.6. The van der Waals surface area contributed by atoms with E-state index in [0.29, 0.717) is 12.3 Å². The van der Waals surface area contributed by atoms with Gasteiger partial charge in [0.25, 0.3) is 5.91 Å². The summed E-state index contributed by atoms with van der Waals surface area (Å²) in [5, 5.41) is 2.78. The molecule has 5 heteroatoms. The Morgan fingerprint density at radius 3 is 2.44 bits per heavy atom. The highest BCUT2D eigenvalue weighted by Crippen LogP contribution is 2.21. The van der Waals surface area contributed by atoms with Gasteiger partial charge in [-0.2, -0.15) is 0 Å². The predicted octanol–water partition coefficient (Wildman–Crippen LogP) is 3.15. The smallest absolute Gasteiger partial charge is 0.258 e. The number of ether oxygens (including phenoxy) is 1. The van der Waals surface area contributed by atoms with Crippen LogP contribution in [0.3, 0.4) is 0 Å². The molecular weight excluding hydrogens is 314 g/mol. The minimum atomic E-state index is -0.191. The van der Waals surface area contributed by atoms with Gasteiger partial charge in [-0.05, 0) is 36.2 Å². The van der Waals surface area contributed by atoms with Crippen LogP contribution in [0, 0.1) is 6.92 Å². The van der Waals surface area contributed by atoms with Crippen LogP contribution in [0.15, 0.2) is 67.0 Å². The third-order valence-electron chi connectivity index (χ3n) is 3.66. The van der Waals surface area contributed by atoms with Crippen LogP contribution in [0.5, 0.6) is 5.75 Å². The third kappa shape index (κ3) is 4.88. The molecule has 3 aromatic rings. The van der Waals surface area contributed by atoms with Crippen molar-refractivity contribution in [3.05, 3.63) is 78.4 Å². The van der Waals surface area contributed by atoms with Crippen molar-refractivity contribution in [1.82, 2.24) is 15.3 Å². The Hall–Kier alpha value is -3.21. The zero-order valence-corrected chi connectivity index (χ0v) is 14.0. The molecule has 5 nitrogen and oxygen atoms in total. The Morgan fingerprint density at radius 1 is 1.00 bits per heavy atom. The molecule has 0 unspecified atom stereocenters. The molecule has 0 bridgehead atoms. The van der Waals surface area contributed by atoms with Crippen molar-refractivity contribution >= 4 is 5.91 Å². The second kappa shape index (κ2) is 8.06. The van der Waals surface area contributed by atoms with E-state index < -0.39 is 0 Å². The molecule has 0 atom stereocenters. The molecule has 126 valence electrons. The largest absolute Gasteiger partial charge is 0.484 e. The second-order valence-electron chi connectivity index (χ2n) is 5.61. The highest BCUT2D eigenvalue weighted by Gasteiger charge is 2.04. The number of hydrogen-bond acceptors (Lipinski definition) is 4. The molecule has 0 saturated heterocycles. The molecule has 2 aromatic carbocycles. The SMILES string of the molecule is Cc1cc(CNC(=O)COc2ccc(-c3ccccc3)cc2)ncn1. The van der Waals surface area contributed by atoms with E-state index in [1.165, 1.54) is 6.33 Å². The number of carbonyl (C=O) groups is 1. The van der Waals surface area contributed by atoms with Crippen molar-refractivity contribution in [2.24, 2.45) is 0 Å². The predicted molar refractivity (Wildman–Crippen MR) is 96.0 cm³/mol. The summed E-state index contributed by atoms with van der Waals surface area (Å²) in [4.78, 5) is 20.0. The van der Waals surface area contributed by atoms with Crippen LogP contribution in [0.4, 0.5) is 0 Å². The van der Waals surface area contributed by atoms with Crippen molar-refractivity contribution in [3.8, 4) is 16.9 Å². The summed E-state index contributed by atoms with van der Waals surface area (Å²) >= 11 is 0. The Kier molecular flexibility index (Phi) is 5.36. The van der Waals surface area contributed by atoms with Gasteiger partial charge in [-0.25, -0.2) is 9.97 Å². The Morgan fingerprint density at radius 2 is 1.72 bits per heavy atom. The number of aryl methyl sites for hydroxylation is 1. The summed E-state index contributed by atoms with van der Waals surface area (Å²) in [5.41, 5.74) is 3.89. The monoisotopic (exact) mass is 333 g/mol. The van der Waals surface area contributed by atoms with Gasteiger partial charge < -0.3 is 10.1 Å². The van der Waals surface area contributed by atoms with E-state index in [-0.39, 0.29) is 12.5 Å². The van der Waals surface area contributed by atoms with Crippen LogP contribution >= 0.6 is 0 Å². The van der Waals surface area contributed by atoms with Crippen LogP contribution in [0.1, 0.15) is 11.4 Å². The number of carbonyl (C=O) groups excluding carboxylic acids is 1. The fourth-order valence-corrected chi connectivity index (χ4v) is 2.37. The summed E-state index contributed by atoms with van der Waals surface area (Å²) < 4.78 is 5.53. The van der Waals surface area contributed by atoms with E-state index in [2.05, 4.69) is 27.4 Å². The molecule has 0 aliphatic carbocycles. The van der Waals surface area contributed by atoms with E-state index in [0.717, 1.165) is 22.5 Å². The maximum Gasteiger partial charge on any atom is 0.258 e. The lowest BCUT2D eigenvalue weighted by Gasteiger charge is -2.08. The molecule has 25 heavy (non-hydrogen) atoms. The Labute approximate surface area is 146 Å². The maximum absolute atomic E-state index is 11.9. The zero-order chi connectivity index (χ0) is 17.5. The lowest BCUT2D eigenvalue weighted by atomic mass is 10.1. The molecule has 0 saturated carbocycles. The number of hydrogen-bond donors (Lipinski definition) is 1. The summed E-state index contributed by atoms with van der Waals surface area (Å²) in [7, 11) is 0. The molecule has 1 N–H and O–H groups in total. The van der Waals surface area contributed by atoms with Crippen LogP contribution in [0.2, 0.25) is 0 Å². The Balaban J connectivity index is 1.49. The van der Waals surface area contributed by atoms with E-state index >= 15 is 0 Å². The van der Waals surface area contributed by atoms with Gasteiger partial charge in [0.2, 0.25) is 0 Å². The summed E-state index contributed by atoms with van der Waals surface area (Å²) in [5.74, 6) is 0.469. The number of nitrogens with zero attached hydrogens (tertiary/aromatic N) is 2. The minimum absolute atomic E-state index is 0.0330. The standard InChI is InChI=1S/C20H19N3O2/c1-15-11-18(23-14-22-15)12-21-20(24)13-25-19-9-7-17(8-10-19)16-5-3-2-4-6-16/h2-11,14H,12-13H2,1H3,(H,21,24). The second-order valence-corrected chi connectivity index (χ2v) is 5.61. The summed E-state index contributed by atoms with van der Waals surface area (Å²) in [6.07, 6.45) is 1.49. The molecule has 1 amide bonds. The van der Waals surface area contributed by atoms with Crippen LogP contribution in [-0.4, -0.2) is 22.5 Å². The molecule has 0 spiro atoms. The quantitative estimate of drug-likeness (QED) is 0.753. The van der Waals surface area contributed by atoms with Crippen molar-refractivity contribution in [1.29, 1.82) is 0 Å². The highest BCUT2D eigenvalue weighted by atomic mass is 16.5. The highest BCUT2D eigenvalue weighted by molar-refractivity contribution is 5.77. The molecule has 3 rings (SSSR count). The number of nitrogens with one attached hydrogen (secondary N) is 1. The van der Waals surface area contributed by atoms with Crippen molar-refractivity contribution < 1.29 is 9.53 Å². The summed E-state index contributed by atoms with van der Waals surface area (Å²) in [6, 6.07) is 19.6. The average molecular weight is 333 g/mol. The molecule has 0 radical (unpaired) electrons. The van der Waals surface area contributed by atoms with Gasteiger partial charge in [-0.15, -0.1) is 0 Å². The van der Waals surface area contributed by atoms with Gasteiger partial charge in [0, 0.05) is 5.69 Å². The number of amides is 1. The van der Waals surface area contributed by atoms with Gasteiger partial charge in [-0.1, -0.05) is 42.5 Å². The fourth-order valence-electron chi connectivity index (χ4n) is 2.37. The number of benzene rings is 2. The lowest BCUT2D eigenvalue weighted by Crippen LogP contribution is -2.28. The topological polar surface area (TPSA) is 64.1 Å². The van der Waals surface area contributed by atoms with E-state index in [1.54, 1.807) is 0 Å². The van der Waals surface area contributed by atoms with Gasteiger partial charge in [-0.3, -0.25) is 4.79 Å². The molecule has 0 aliphatic heterocycles. The van der Waals surface area contributed by atoms with Crippen LogP contribution < -0.4 is 10.1 Å². The van der Waals surface area contributed by atoms with E-state index in [1.807, 2.05) is 55.5 Å². The molecule has 1 heterocycles. The molecule has 0 fully saturated rings. The average Bonchev–Trinajstić information content (AvgIpc) is 2.66. The summed E-state index contributed by atoms with van der Waals surface area (Å²) in [6.45, 7) is 2.21. The minimum Gasteiger partial charge on any atom is -0.484 e. The van der Waals surface area contributed by atoms with Crippen LogP contribution in [-0.2, 0) is 11.3 Å². The van der Waals surface area contributed by atoms with Gasteiger partial charge in [0.15, 0.2) is 6.61 Å². The van der Waals surface area contributed by atoms with Gasteiger partial charge in [0.1, 0.15) is 12.1 Å². The maximum atomic E-state index is 11.9. The molecule has 0 aliphatic rings. The van der Waals surface area contributed by atoms with Crippen molar-refractivity contribution in [3.63, 3.8) is 0 Å². The first-order chi connectivity index (χ1) is 12.2. The first-order valence-corrected chi connectivity index (χ1v) is 8.03. The molecule has 1 aromatic heterocycles. The normalized spacial score (nSPS) is 10.3. The lowest BCUT2D eigenvalue weighted by molar-refractivity contribution is -0.123. The van der Waals surface area contributed by atoms with E-state index in [9.17, 15) is 4.79 Å². The van der Waals surface area contributed by atoms with Crippen molar-refractivity contribution in [2.45, 2.75) is 13.5 Å². The number of rotatable bonds is 6. The van der Waals surface area contributed by atoms with Crippen molar-refractivity contribution in [2.75, 3.05) is 6.61 Å². The Bertz CT molecular complexity index is 833. The zero-order valence-electron chi connectivity index (χ0n) is 14.0. The fraction of sp³-hybridized carbons (Fsp3) is 0.150. The van der Waals surface area contributed by atoms with Gasteiger partial charge in [0.05, 0.1) is 12.2 Å². The van der Waals surface area contributed by atoms with Crippen LogP contribution in [0.25, 0.3) is 11.1 Å². The molecular formula is C20H19N3O2.